The maximum Gasteiger partial charge on any atom is 0.106 e. The van der Waals surface area contributed by atoms with Crippen LogP contribution in [0.3, 0.4) is 0 Å². The summed E-state index contributed by atoms with van der Waals surface area (Å²) >= 11 is 0. The van der Waals surface area contributed by atoms with E-state index < -0.39 is 8.07 Å². The highest BCUT2D eigenvalue weighted by molar-refractivity contribution is 6.93. The minimum Gasteiger partial charge on any atom is -0.0712 e. The van der Waals surface area contributed by atoms with E-state index in [2.05, 4.69) is 126 Å². The van der Waals surface area contributed by atoms with Crippen molar-refractivity contribution in [1.82, 2.24) is 0 Å². The van der Waals surface area contributed by atoms with Gasteiger partial charge in [0.2, 0.25) is 0 Å². The zero-order valence-corrected chi connectivity index (χ0v) is 25.4. The van der Waals surface area contributed by atoms with Crippen molar-refractivity contribution >= 4 is 20.2 Å². The third-order valence-electron chi connectivity index (χ3n) is 9.33. The summed E-state index contributed by atoms with van der Waals surface area (Å²) in [7, 11) is -1.85. The molecule has 0 nitrogen and oxygen atoms in total. The molecule has 0 atom stereocenters. The molecule has 2 aliphatic carbocycles. The molecule has 0 unspecified atom stereocenters. The number of aryl methyl sites for hydroxylation is 4. The summed E-state index contributed by atoms with van der Waals surface area (Å²) in [6, 6.07) is 29.0. The summed E-state index contributed by atoms with van der Waals surface area (Å²) in [4.78, 5) is 0. The Bertz CT molecular complexity index is 1540. The zero-order valence-electron chi connectivity index (χ0n) is 24.4. The minimum atomic E-state index is -1.85. The van der Waals surface area contributed by atoms with Gasteiger partial charge in [0.25, 0.3) is 0 Å². The molecular formula is C38H40Si. The predicted octanol–water partition coefficient (Wildman–Crippen LogP) is 10.4. The number of benzene rings is 4. The number of hydrogen-bond acceptors (Lipinski definition) is 0. The second kappa shape index (κ2) is 9.95. The van der Waals surface area contributed by atoms with E-state index in [1.807, 2.05) is 0 Å². The Morgan fingerprint density at radius 3 is 1.49 bits per heavy atom. The van der Waals surface area contributed by atoms with Crippen molar-refractivity contribution in [3.8, 4) is 22.3 Å². The molecule has 39 heavy (non-hydrogen) atoms. The van der Waals surface area contributed by atoms with Crippen LogP contribution >= 0.6 is 0 Å². The SMILES string of the molecule is CCC[Si](C)(C1=Cc2c(cccc2-c2cc(C)ccc2C)C1)C1=Cc2c(cccc2-c2cc(C)ccc2C)C1. The molecule has 2 aliphatic rings. The normalized spacial score (nSPS) is 14.2. The standard InChI is InChI=1S/C38H40Si/c1-7-18-39(6,31-21-29-10-8-12-33(37(29)23-31)35-19-25(2)14-16-27(35)4)32-22-30-11-9-13-34(38(30)24-32)36-20-26(3)15-17-28(36)5/h8-17,19-20,23-24H,7,18,21-22H2,1-6H3. The van der Waals surface area contributed by atoms with E-state index >= 15 is 0 Å². The average molecular weight is 525 g/mol. The summed E-state index contributed by atoms with van der Waals surface area (Å²) in [5.74, 6) is 0. The molecule has 0 saturated carbocycles. The Morgan fingerprint density at radius 1 is 0.590 bits per heavy atom. The Kier molecular flexibility index (Phi) is 6.59. The first-order chi connectivity index (χ1) is 18.8. The van der Waals surface area contributed by atoms with Crippen LogP contribution in [0.15, 0.2) is 83.2 Å². The average Bonchev–Trinajstić information content (AvgIpc) is 3.57. The molecule has 0 radical (unpaired) electrons. The number of rotatable bonds is 6. The summed E-state index contributed by atoms with van der Waals surface area (Å²) < 4.78 is 0. The molecule has 6 rings (SSSR count). The molecule has 196 valence electrons. The fraction of sp³-hybridized carbons (Fsp3) is 0.263. The second-order valence-electron chi connectivity index (χ2n) is 12.2. The maximum absolute atomic E-state index is 2.65. The number of fused-ring (bicyclic) bond motifs is 2. The molecule has 0 spiro atoms. The van der Waals surface area contributed by atoms with Crippen LogP contribution in [0, 0.1) is 27.7 Å². The second-order valence-corrected chi connectivity index (χ2v) is 16.6. The lowest BCUT2D eigenvalue weighted by Gasteiger charge is -2.31. The van der Waals surface area contributed by atoms with E-state index in [0.29, 0.717) is 0 Å². The lowest BCUT2D eigenvalue weighted by Crippen LogP contribution is -2.36. The van der Waals surface area contributed by atoms with Crippen LogP contribution in [0.5, 0.6) is 0 Å². The number of allylic oxidation sites excluding steroid dienone is 2. The lowest BCUT2D eigenvalue weighted by molar-refractivity contribution is 1.03. The summed E-state index contributed by atoms with van der Waals surface area (Å²) in [6.07, 6.45) is 8.67. The molecule has 0 saturated heterocycles. The van der Waals surface area contributed by atoms with Gasteiger partial charge >= 0.3 is 0 Å². The molecule has 1 heteroatoms. The Hall–Kier alpha value is -3.42. The quantitative estimate of drug-likeness (QED) is 0.220. The van der Waals surface area contributed by atoms with Gasteiger partial charge in [0, 0.05) is 0 Å². The molecule has 4 aromatic carbocycles. The monoisotopic (exact) mass is 524 g/mol. The smallest absolute Gasteiger partial charge is 0.0712 e. The number of hydrogen-bond donors (Lipinski definition) is 0. The molecule has 0 aliphatic heterocycles. The predicted molar refractivity (Wildman–Crippen MR) is 173 cm³/mol. The van der Waals surface area contributed by atoms with Gasteiger partial charge in [-0.05, 0) is 96.2 Å². The van der Waals surface area contributed by atoms with Crippen LogP contribution in [0.4, 0.5) is 0 Å². The summed E-state index contributed by atoms with van der Waals surface area (Å²) in [5.41, 5.74) is 16.9. The van der Waals surface area contributed by atoms with Crippen molar-refractivity contribution in [2.45, 2.75) is 66.5 Å². The van der Waals surface area contributed by atoms with Crippen LogP contribution in [0.2, 0.25) is 12.6 Å². The molecule has 4 aromatic rings. The van der Waals surface area contributed by atoms with Crippen LogP contribution in [-0.4, -0.2) is 8.07 Å². The van der Waals surface area contributed by atoms with Gasteiger partial charge in [0.05, 0.1) is 0 Å². The van der Waals surface area contributed by atoms with Gasteiger partial charge in [0.1, 0.15) is 8.07 Å². The van der Waals surface area contributed by atoms with Crippen LogP contribution < -0.4 is 0 Å². The Balaban J connectivity index is 1.44. The van der Waals surface area contributed by atoms with Gasteiger partial charge in [0.15, 0.2) is 0 Å². The van der Waals surface area contributed by atoms with Gasteiger partial charge in [-0.3, -0.25) is 0 Å². The molecule has 0 N–H and O–H groups in total. The first-order valence-electron chi connectivity index (χ1n) is 14.6. The maximum atomic E-state index is 2.65. The van der Waals surface area contributed by atoms with Crippen molar-refractivity contribution in [2.75, 3.05) is 0 Å². The van der Waals surface area contributed by atoms with E-state index in [1.165, 1.54) is 79.2 Å². The van der Waals surface area contributed by atoms with Crippen LogP contribution in [0.1, 0.15) is 57.9 Å². The Labute approximate surface area is 236 Å². The minimum absolute atomic E-state index is 1.11. The molecule has 0 amide bonds. The van der Waals surface area contributed by atoms with Gasteiger partial charge in [-0.15, -0.1) is 0 Å². The van der Waals surface area contributed by atoms with Crippen molar-refractivity contribution in [3.05, 3.63) is 128 Å². The molecule has 0 bridgehead atoms. The van der Waals surface area contributed by atoms with Crippen molar-refractivity contribution in [1.29, 1.82) is 0 Å². The molecule has 0 fully saturated rings. The van der Waals surface area contributed by atoms with Crippen LogP contribution in [0.25, 0.3) is 34.4 Å². The van der Waals surface area contributed by atoms with Gasteiger partial charge < -0.3 is 0 Å². The highest BCUT2D eigenvalue weighted by Crippen LogP contribution is 2.46. The summed E-state index contributed by atoms with van der Waals surface area (Å²) in [6.45, 7) is 13.9. The van der Waals surface area contributed by atoms with E-state index in [1.54, 1.807) is 10.4 Å². The highest BCUT2D eigenvalue weighted by atomic mass is 28.3. The van der Waals surface area contributed by atoms with E-state index in [-0.39, 0.29) is 0 Å². The van der Waals surface area contributed by atoms with Gasteiger partial charge in [-0.25, -0.2) is 0 Å². The van der Waals surface area contributed by atoms with Crippen molar-refractivity contribution in [3.63, 3.8) is 0 Å². The first kappa shape index (κ1) is 25.8. The van der Waals surface area contributed by atoms with Gasteiger partial charge in [-0.1, -0.05) is 132 Å². The van der Waals surface area contributed by atoms with Crippen molar-refractivity contribution < 1.29 is 0 Å². The lowest BCUT2D eigenvalue weighted by atomic mass is 9.93. The summed E-state index contributed by atoms with van der Waals surface area (Å²) in [5, 5.41) is 3.42. The molecular weight excluding hydrogens is 485 g/mol. The fourth-order valence-electron chi connectivity index (χ4n) is 6.99. The molecule has 0 aromatic heterocycles. The topological polar surface area (TPSA) is 0 Å². The third kappa shape index (κ3) is 4.47. The zero-order chi connectivity index (χ0) is 27.3. The van der Waals surface area contributed by atoms with Gasteiger partial charge in [-0.2, -0.15) is 0 Å². The largest absolute Gasteiger partial charge is 0.106 e. The highest BCUT2D eigenvalue weighted by Gasteiger charge is 2.39. The third-order valence-corrected chi connectivity index (χ3v) is 14.3. The fourth-order valence-corrected chi connectivity index (χ4v) is 11.1. The molecule has 0 heterocycles. The van der Waals surface area contributed by atoms with Crippen molar-refractivity contribution in [2.24, 2.45) is 0 Å². The Morgan fingerprint density at radius 2 is 1.05 bits per heavy atom. The van der Waals surface area contributed by atoms with E-state index in [0.717, 1.165) is 12.8 Å². The van der Waals surface area contributed by atoms with E-state index in [9.17, 15) is 0 Å². The first-order valence-corrected chi connectivity index (χ1v) is 17.3. The van der Waals surface area contributed by atoms with Crippen LogP contribution in [-0.2, 0) is 12.8 Å². The van der Waals surface area contributed by atoms with E-state index in [4.69, 9.17) is 0 Å².